The Morgan fingerprint density at radius 2 is 0.857 bits per heavy atom. The number of nitrogens with two attached hydrogens (primary N) is 2. The van der Waals surface area contributed by atoms with Gasteiger partial charge in [0.15, 0.2) is 0 Å². The molecule has 246 valence electrons. The molecule has 0 fully saturated rings. The number of hydrogen-bond donors (Lipinski definition) is 2. The normalized spacial score (nSPS) is 13.0. The van der Waals surface area contributed by atoms with Gasteiger partial charge < -0.3 is 20.9 Å². The molecule has 49 heavy (non-hydrogen) atoms. The summed E-state index contributed by atoms with van der Waals surface area (Å²) in [4.78, 5) is 0. The quantitative estimate of drug-likeness (QED) is 0.162. The van der Waals surface area contributed by atoms with Crippen molar-refractivity contribution in [3.05, 3.63) is 166 Å². The van der Waals surface area contributed by atoms with Gasteiger partial charge in [0, 0.05) is 11.4 Å². The van der Waals surface area contributed by atoms with E-state index in [1.54, 1.807) is 0 Å². The summed E-state index contributed by atoms with van der Waals surface area (Å²) in [5.41, 5.74) is 24.8. The molecule has 1 aliphatic rings. The van der Waals surface area contributed by atoms with Gasteiger partial charge in [0.1, 0.15) is 23.0 Å². The lowest BCUT2D eigenvalue weighted by molar-refractivity contribution is 0.468. The molecule has 0 saturated heterocycles. The molecular formula is C45H44N2O2. The van der Waals surface area contributed by atoms with Crippen molar-refractivity contribution in [2.45, 2.75) is 58.8 Å². The fourth-order valence-corrected chi connectivity index (χ4v) is 7.49. The lowest BCUT2D eigenvalue weighted by Crippen LogP contribution is -2.29. The summed E-state index contributed by atoms with van der Waals surface area (Å²) >= 11 is 0. The van der Waals surface area contributed by atoms with E-state index in [0.29, 0.717) is 0 Å². The maximum atomic E-state index is 6.61. The van der Waals surface area contributed by atoms with Crippen LogP contribution in [0.1, 0.15) is 84.0 Å². The van der Waals surface area contributed by atoms with Crippen LogP contribution in [0.5, 0.6) is 23.0 Å². The summed E-state index contributed by atoms with van der Waals surface area (Å²) in [6, 6.07) is 42.8. The van der Waals surface area contributed by atoms with Crippen LogP contribution in [0.2, 0.25) is 0 Å². The average Bonchev–Trinajstić information content (AvgIpc) is 3.38. The molecule has 7 rings (SSSR count). The molecule has 4 nitrogen and oxygen atoms in total. The minimum atomic E-state index is -0.564. The topological polar surface area (TPSA) is 70.5 Å². The smallest absolute Gasteiger partial charge is 0.130 e. The molecule has 0 bridgehead atoms. The summed E-state index contributed by atoms with van der Waals surface area (Å²) in [7, 11) is 0. The van der Waals surface area contributed by atoms with E-state index >= 15 is 0 Å². The van der Waals surface area contributed by atoms with Gasteiger partial charge in [-0.25, -0.2) is 0 Å². The second kappa shape index (κ2) is 12.5. The molecule has 1 aliphatic carbocycles. The van der Waals surface area contributed by atoms with Gasteiger partial charge in [-0.15, -0.1) is 0 Å². The molecule has 4 N–H and O–H groups in total. The number of benzene rings is 6. The number of hydrogen-bond acceptors (Lipinski definition) is 4. The van der Waals surface area contributed by atoms with Gasteiger partial charge in [0.05, 0.1) is 5.41 Å². The maximum Gasteiger partial charge on any atom is 0.130 e. The minimum Gasteiger partial charge on any atom is -0.457 e. The molecule has 0 atom stereocenters. The van der Waals surface area contributed by atoms with Crippen molar-refractivity contribution in [2.24, 2.45) is 0 Å². The molecule has 0 spiro atoms. The molecule has 0 aliphatic heterocycles. The zero-order valence-corrected chi connectivity index (χ0v) is 29.2. The van der Waals surface area contributed by atoms with E-state index in [0.717, 1.165) is 56.6 Å². The Hall–Kier alpha value is -5.48. The monoisotopic (exact) mass is 644 g/mol. The molecule has 0 radical (unpaired) electrons. The third-order valence-corrected chi connectivity index (χ3v) is 9.92. The van der Waals surface area contributed by atoms with Crippen molar-refractivity contribution in [3.63, 3.8) is 0 Å². The van der Waals surface area contributed by atoms with Crippen molar-refractivity contribution in [1.29, 1.82) is 0 Å². The average molecular weight is 645 g/mol. The highest BCUT2D eigenvalue weighted by atomic mass is 16.5. The van der Waals surface area contributed by atoms with Crippen LogP contribution in [0.15, 0.2) is 121 Å². The van der Waals surface area contributed by atoms with Crippen LogP contribution in [0, 0.1) is 13.8 Å². The van der Waals surface area contributed by atoms with Crippen LogP contribution in [-0.2, 0) is 5.41 Å². The summed E-state index contributed by atoms with van der Waals surface area (Å²) in [6.07, 6.45) is 0. The van der Waals surface area contributed by atoms with Crippen molar-refractivity contribution in [2.75, 3.05) is 11.5 Å². The number of aryl methyl sites for hydroxylation is 2. The molecule has 0 unspecified atom stereocenters. The van der Waals surface area contributed by atoms with Crippen molar-refractivity contribution >= 4 is 11.4 Å². The van der Waals surface area contributed by atoms with Gasteiger partial charge in [0.2, 0.25) is 0 Å². The van der Waals surface area contributed by atoms with E-state index in [9.17, 15) is 0 Å². The SMILES string of the molecule is Cc1cc(N)ccc1Oc1ccc(C2(c3ccc(Oc4ccc(N)cc4C)c(C(C)C)c3)c3ccccc3-c3ccccc32)cc1C(C)C. The van der Waals surface area contributed by atoms with Gasteiger partial charge in [-0.1, -0.05) is 100 Å². The highest BCUT2D eigenvalue weighted by molar-refractivity contribution is 5.86. The molecule has 0 heterocycles. The van der Waals surface area contributed by atoms with Gasteiger partial charge >= 0.3 is 0 Å². The van der Waals surface area contributed by atoms with Crippen LogP contribution in [0.25, 0.3) is 11.1 Å². The van der Waals surface area contributed by atoms with Crippen molar-refractivity contribution in [3.8, 4) is 34.1 Å². The number of anilines is 2. The highest BCUT2D eigenvalue weighted by Gasteiger charge is 2.46. The van der Waals surface area contributed by atoms with E-state index in [-0.39, 0.29) is 11.8 Å². The fourth-order valence-electron chi connectivity index (χ4n) is 7.49. The minimum absolute atomic E-state index is 0.220. The van der Waals surface area contributed by atoms with Gasteiger partial charge in [-0.05, 0) is 130 Å². The second-order valence-electron chi connectivity index (χ2n) is 13.9. The first-order valence-electron chi connectivity index (χ1n) is 17.1. The first kappa shape index (κ1) is 32.1. The van der Waals surface area contributed by atoms with E-state index in [2.05, 4.69) is 113 Å². The molecule has 6 aromatic carbocycles. The molecule has 0 aromatic heterocycles. The first-order valence-corrected chi connectivity index (χ1v) is 17.1. The summed E-state index contributed by atoms with van der Waals surface area (Å²) in [5.74, 6) is 3.77. The fraction of sp³-hybridized carbons (Fsp3) is 0.200. The zero-order chi connectivity index (χ0) is 34.4. The first-order chi connectivity index (χ1) is 23.6. The van der Waals surface area contributed by atoms with Crippen LogP contribution in [0.4, 0.5) is 11.4 Å². The van der Waals surface area contributed by atoms with E-state index in [4.69, 9.17) is 20.9 Å². The molecule has 0 saturated carbocycles. The Morgan fingerprint density at radius 3 is 1.24 bits per heavy atom. The number of nitrogen functional groups attached to an aromatic ring is 2. The molecule has 4 heteroatoms. The summed E-state index contributed by atoms with van der Waals surface area (Å²) in [5, 5.41) is 0. The zero-order valence-electron chi connectivity index (χ0n) is 29.2. The summed E-state index contributed by atoms with van der Waals surface area (Å²) < 4.78 is 13.2. The predicted molar refractivity (Wildman–Crippen MR) is 203 cm³/mol. The number of ether oxygens (including phenoxy) is 2. The van der Waals surface area contributed by atoms with Crippen LogP contribution in [-0.4, -0.2) is 0 Å². The number of rotatable bonds is 8. The second-order valence-corrected chi connectivity index (χ2v) is 13.9. The van der Waals surface area contributed by atoms with E-state index in [1.807, 2.05) is 50.2 Å². The van der Waals surface area contributed by atoms with Crippen LogP contribution in [0.3, 0.4) is 0 Å². The standard InChI is InChI=1S/C45H44N2O2/c1-27(2)37-25-31(15-19-43(37)48-41-21-17-33(46)23-29(41)5)45(39-13-9-7-11-35(39)36-12-8-10-14-40(36)45)32-16-20-44(38(26-32)28(3)4)49-42-22-18-34(47)24-30(42)6/h7-28H,46-47H2,1-6H3. The molecule has 0 amide bonds. The predicted octanol–water partition coefficient (Wildman–Crippen LogP) is 11.7. The Morgan fingerprint density at radius 1 is 0.469 bits per heavy atom. The maximum absolute atomic E-state index is 6.61. The molecule has 6 aromatic rings. The van der Waals surface area contributed by atoms with E-state index < -0.39 is 5.41 Å². The Bertz CT molecular complexity index is 2040. The Kier molecular flexibility index (Phi) is 8.20. The third kappa shape index (κ3) is 5.51. The number of fused-ring (bicyclic) bond motifs is 3. The van der Waals surface area contributed by atoms with Crippen LogP contribution >= 0.6 is 0 Å². The van der Waals surface area contributed by atoms with Crippen molar-refractivity contribution < 1.29 is 9.47 Å². The third-order valence-electron chi connectivity index (χ3n) is 9.92. The largest absolute Gasteiger partial charge is 0.457 e. The van der Waals surface area contributed by atoms with E-state index in [1.165, 1.54) is 33.4 Å². The van der Waals surface area contributed by atoms with Gasteiger partial charge in [0.25, 0.3) is 0 Å². The molecular weight excluding hydrogens is 601 g/mol. The van der Waals surface area contributed by atoms with Crippen molar-refractivity contribution in [1.82, 2.24) is 0 Å². The van der Waals surface area contributed by atoms with Gasteiger partial charge in [-0.3, -0.25) is 0 Å². The Balaban J connectivity index is 1.46. The highest BCUT2D eigenvalue weighted by Crippen LogP contribution is 2.57. The van der Waals surface area contributed by atoms with Gasteiger partial charge in [-0.2, -0.15) is 0 Å². The lowest BCUT2D eigenvalue weighted by Gasteiger charge is -2.35. The summed E-state index contributed by atoms with van der Waals surface area (Å²) in [6.45, 7) is 13.0. The lowest BCUT2D eigenvalue weighted by atomic mass is 9.66. The van der Waals surface area contributed by atoms with Crippen LogP contribution < -0.4 is 20.9 Å². The Labute approximate surface area is 290 Å².